The van der Waals surface area contributed by atoms with Crippen LogP contribution < -0.4 is 14.9 Å². The summed E-state index contributed by atoms with van der Waals surface area (Å²) in [5.74, 6) is 0.276. The van der Waals surface area contributed by atoms with Crippen LogP contribution in [0.25, 0.3) is 0 Å². The molecule has 0 fully saturated rings. The van der Waals surface area contributed by atoms with Crippen LogP contribution in [-0.2, 0) is 11.2 Å². The summed E-state index contributed by atoms with van der Waals surface area (Å²) in [6.45, 7) is 5.42. The summed E-state index contributed by atoms with van der Waals surface area (Å²) in [4.78, 5) is 24.3. The predicted molar refractivity (Wildman–Crippen MR) is 124 cm³/mol. The van der Waals surface area contributed by atoms with E-state index in [4.69, 9.17) is 9.47 Å². The number of amides is 1. The lowest BCUT2D eigenvalue weighted by atomic mass is 10.1. The van der Waals surface area contributed by atoms with Gasteiger partial charge in [-0.3, -0.25) is 4.79 Å². The summed E-state index contributed by atoms with van der Waals surface area (Å²) < 4.78 is 11.0. The topological polar surface area (TPSA) is 77.0 Å². The number of rotatable bonds is 9. The molecule has 3 aromatic carbocycles. The summed E-state index contributed by atoms with van der Waals surface area (Å²) >= 11 is 0. The molecule has 0 atom stereocenters. The van der Waals surface area contributed by atoms with Crippen molar-refractivity contribution in [2.75, 3.05) is 6.61 Å². The monoisotopic (exact) mass is 428 g/mol. The SMILES string of the molecule is C=CCc1ccccc1OCC(=O)N/N=C/c1ccc(OC(=O)c2ccccc2C)cc1. The molecule has 3 rings (SSSR count). The number of carbonyl (C=O) groups excluding carboxylic acids is 2. The standard InChI is InChI=1S/C26H24N2O4/c1-3-8-21-10-5-7-12-24(21)31-18-25(29)28-27-17-20-13-15-22(16-14-20)32-26(30)23-11-6-4-9-19(23)2/h3-7,9-17H,1,8,18H2,2H3,(H,28,29)/b27-17+. The number of hydrogen-bond donors (Lipinski definition) is 1. The Morgan fingerprint density at radius 1 is 1.00 bits per heavy atom. The van der Waals surface area contributed by atoms with Crippen molar-refractivity contribution in [1.82, 2.24) is 5.43 Å². The van der Waals surface area contributed by atoms with Gasteiger partial charge in [0.05, 0.1) is 11.8 Å². The summed E-state index contributed by atoms with van der Waals surface area (Å²) in [6.07, 6.45) is 3.93. The zero-order chi connectivity index (χ0) is 22.8. The van der Waals surface area contributed by atoms with Crippen LogP contribution in [0, 0.1) is 6.92 Å². The largest absolute Gasteiger partial charge is 0.483 e. The van der Waals surface area contributed by atoms with Gasteiger partial charge < -0.3 is 9.47 Å². The van der Waals surface area contributed by atoms with Crippen molar-refractivity contribution in [3.8, 4) is 11.5 Å². The van der Waals surface area contributed by atoms with Gasteiger partial charge in [0.15, 0.2) is 6.61 Å². The van der Waals surface area contributed by atoms with Crippen LogP contribution in [-0.4, -0.2) is 24.7 Å². The molecule has 0 aliphatic rings. The number of ether oxygens (including phenoxy) is 2. The fraction of sp³-hybridized carbons (Fsp3) is 0.115. The fourth-order valence-electron chi connectivity index (χ4n) is 2.91. The molecule has 6 nitrogen and oxygen atoms in total. The first-order valence-corrected chi connectivity index (χ1v) is 10.1. The molecule has 0 aliphatic heterocycles. The Balaban J connectivity index is 1.48. The molecule has 32 heavy (non-hydrogen) atoms. The average molecular weight is 428 g/mol. The van der Waals surface area contributed by atoms with Crippen molar-refractivity contribution in [3.63, 3.8) is 0 Å². The van der Waals surface area contributed by atoms with E-state index in [2.05, 4.69) is 17.1 Å². The first kappa shape index (κ1) is 22.5. The van der Waals surface area contributed by atoms with Crippen molar-refractivity contribution in [1.29, 1.82) is 0 Å². The summed E-state index contributed by atoms with van der Waals surface area (Å²) in [6, 6.07) is 21.5. The van der Waals surface area contributed by atoms with Crippen LogP contribution in [0.2, 0.25) is 0 Å². The highest BCUT2D eigenvalue weighted by Gasteiger charge is 2.10. The molecular weight excluding hydrogens is 404 g/mol. The van der Waals surface area contributed by atoms with E-state index < -0.39 is 5.97 Å². The maximum atomic E-state index is 12.3. The molecule has 0 heterocycles. The van der Waals surface area contributed by atoms with Crippen molar-refractivity contribution in [2.24, 2.45) is 5.10 Å². The highest BCUT2D eigenvalue weighted by atomic mass is 16.5. The second kappa shape index (κ2) is 11.3. The number of hydrogen-bond acceptors (Lipinski definition) is 5. The van der Waals surface area contributed by atoms with Crippen LogP contribution >= 0.6 is 0 Å². The molecule has 1 N–H and O–H groups in total. The zero-order valence-corrected chi connectivity index (χ0v) is 17.8. The average Bonchev–Trinajstić information content (AvgIpc) is 2.80. The maximum absolute atomic E-state index is 12.3. The Morgan fingerprint density at radius 2 is 1.72 bits per heavy atom. The number of benzene rings is 3. The van der Waals surface area contributed by atoms with Gasteiger partial charge in [-0.15, -0.1) is 6.58 Å². The van der Waals surface area contributed by atoms with E-state index >= 15 is 0 Å². The number of nitrogens with one attached hydrogen (secondary N) is 1. The van der Waals surface area contributed by atoms with E-state index in [1.807, 2.05) is 43.3 Å². The quantitative estimate of drug-likeness (QED) is 0.179. The van der Waals surface area contributed by atoms with E-state index in [-0.39, 0.29) is 12.5 Å². The van der Waals surface area contributed by atoms with Gasteiger partial charge in [0.2, 0.25) is 0 Å². The molecule has 0 bridgehead atoms. The second-order valence-electron chi connectivity index (χ2n) is 6.96. The van der Waals surface area contributed by atoms with Gasteiger partial charge in [0.25, 0.3) is 5.91 Å². The van der Waals surface area contributed by atoms with E-state index in [0.717, 1.165) is 16.7 Å². The first-order chi connectivity index (χ1) is 15.6. The number of esters is 1. The number of allylic oxidation sites excluding steroid dienone is 1. The Morgan fingerprint density at radius 3 is 2.47 bits per heavy atom. The summed E-state index contributed by atoms with van der Waals surface area (Å²) in [5, 5.41) is 3.93. The molecule has 0 unspecified atom stereocenters. The fourth-order valence-corrected chi connectivity index (χ4v) is 2.91. The number of aryl methyl sites for hydroxylation is 1. The Labute approximate surface area is 187 Å². The normalized spacial score (nSPS) is 10.5. The van der Waals surface area contributed by atoms with Gasteiger partial charge in [-0.25, -0.2) is 10.2 Å². The lowest BCUT2D eigenvalue weighted by molar-refractivity contribution is -0.123. The minimum Gasteiger partial charge on any atom is -0.483 e. The number of para-hydroxylation sites is 1. The van der Waals surface area contributed by atoms with E-state index in [0.29, 0.717) is 23.5 Å². The van der Waals surface area contributed by atoms with Crippen LogP contribution in [0.4, 0.5) is 0 Å². The molecule has 0 saturated carbocycles. The lowest BCUT2D eigenvalue weighted by Gasteiger charge is -2.09. The minimum absolute atomic E-state index is 0.153. The van der Waals surface area contributed by atoms with Crippen LogP contribution in [0.1, 0.15) is 27.0 Å². The van der Waals surface area contributed by atoms with Gasteiger partial charge in [-0.05, 0) is 66.4 Å². The maximum Gasteiger partial charge on any atom is 0.343 e. The van der Waals surface area contributed by atoms with E-state index in [1.165, 1.54) is 6.21 Å². The highest BCUT2D eigenvalue weighted by Crippen LogP contribution is 2.18. The van der Waals surface area contributed by atoms with Crippen LogP contribution in [0.15, 0.2) is 90.6 Å². The second-order valence-corrected chi connectivity index (χ2v) is 6.96. The summed E-state index contributed by atoms with van der Waals surface area (Å²) in [7, 11) is 0. The molecule has 162 valence electrons. The van der Waals surface area contributed by atoms with E-state index in [9.17, 15) is 9.59 Å². The molecule has 6 heteroatoms. The van der Waals surface area contributed by atoms with Gasteiger partial charge in [-0.1, -0.05) is 42.5 Å². The lowest BCUT2D eigenvalue weighted by Crippen LogP contribution is -2.24. The minimum atomic E-state index is -0.411. The number of carbonyl (C=O) groups is 2. The predicted octanol–water partition coefficient (Wildman–Crippen LogP) is 4.47. The molecule has 3 aromatic rings. The molecule has 0 aliphatic carbocycles. The molecule has 1 amide bonds. The van der Waals surface area contributed by atoms with Gasteiger partial charge >= 0.3 is 5.97 Å². The Hall–Kier alpha value is -4.19. The number of hydrazone groups is 1. The summed E-state index contributed by atoms with van der Waals surface area (Å²) in [5.41, 5.74) is 5.50. The highest BCUT2D eigenvalue weighted by molar-refractivity contribution is 5.92. The van der Waals surface area contributed by atoms with Gasteiger partial charge in [-0.2, -0.15) is 5.10 Å². The smallest absolute Gasteiger partial charge is 0.343 e. The molecule has 0 spiro atoms. The molecule has 0 saturated heterocycles. The molecule has 0 radical (unpaired) electrons. The van der Waals surface area contributed by atoms with Crippen molar-refractivity contribution in [2.45, 2.75) is 13.3 Å². The Bertz CT molecular complexity index is 1120. The van der Waals surface area contributed by atoms with Crippen molar-refractivity contribution >= 4 is 18.1 Å². The van der Waals surface area contributed by atoms with Crippen LogP contribution in [0.5, 0.6) is 11.5 Å². The third-order valence-electron chi connectivity index (χ3n) is 4.55. The Kier molecular flexibility index (Phi) is 7.92. The van der Waals surface area contributed by atoms with Gasteiger partial charge in [0.1, 0.15) is 11.5 Å². The van der Waals surface area contributed by atoms with Crippen molar-refractivity contribution < 1.29 is 19.1 Å². The van der Waals surface area contributed by atoms with Crippen LogP contribution in [0.3, 0.4) is 0 Å². The molecule has 0 aromatic heterocycles. The van der Waals surface area contributed by atoms with Crippen molar-refractivity contribution in [3.05, 3.63) is 108 Å². The zero-order valence-electron chi connectivity index (χ0n) is 17.8. The third-order valence-corrected chi connectivity index (χ3v) is 4.55. The molecular formula is C26H24N2O4. The first-order valence-electron chi connectivity index (χ1n) is 10.1. The number of nitrogens with zero attached hydrogens (tertiary/aromatic N) is 1. The van der Waals surface area contributed by atoms with Gasteiger partial charge in [0, 0.05) is 0 Å². The third kappa shape index (κ3) is 6.40. The van der Waals surface area contributed by atoms with E-state index in [1.54, 1.807) is 42.5 Å².